The van der Waals surface area contributed by atoms with Crippen molar-refractivity contribution in [2.75, 3.05) is 5.32 Å². The summed E-state index contributed by atoms with van der Waals surface area (Å²) in [5.41, 5.74) is 1.93. The molecule has 0 saturated carbocycles. The molecule has 3 aromatic rings. The van der Waals surface area contributed by atoms with Crippen LogP contribution in [0, 0.1) is 12.8 Å². The fourth-order valence-corrected chi connectivity index (χ4v) is 5.33. The Morgan fingerprint density at radius 1 is 1.32 bits per heavy atom. The molecule has 2 aliphatic rings. The van der Waals surface area contributed by atoms with Crippen molar-refractivity contribution < 1.29 is 23.0 Å². The van der Waals surface area contributed by atoms with E-state index >= 15 is 0 Å². The third-order valence-electron chi connectivity index (χ3n) is 6.66. The van der Waals surface area contributed by atoms with Crippen molar-refractivity contribution in [1.29, 1.82) is 0 Å². The quantitative estimate of drug-likeness (QED) is 0.475. The van der Waals surface area contributed by atoms with Crippen LogP contribution in [0.25, 0.3) is 11.4 Å². The van der Waals surface area contributed by atoms with E-state index < -0.39 is 25.1 Å². The number of aryl methyl sites for hydroxylation is 2. The second kappa shape index (κ2) is 8.67. The number of halogens is 2. The van der Waals surface area contributed by atoms with Gasteiger partial charge >= 0.3 is 6.61 Å². The van der Waals surface area contributed by atoms with Crippen LogP contribution in [0.2, 0.25) is 0 Å². The van der Waals surface area contributed by atoms with Gasteiger partial charge < -0.3 is 19.6 Å². The summed E-state index contributed by atoms with van der Waals surface area (Å²) in [6, 6.07) is 5.87. The van der Waals surface area contributed by atoms with Crippen LogP contribution >= 0.6 is 0 Å². The van der Waals surface area contributed by atoms with E-state index in [4.69, 9.17) is 4.42 Å². The molecule has 0 amide bonds. The fourth-order valence-electron chi connectivity index (χ4n) is 5.33. The molecule has 2 bridgehead atoms. The van der Waals surface area contributed by atoms with Crippen molar-refractivity contribution in [3.05, 3.63) is 41.9 Å². The Hall–Kier alpha value is -2.96. The number of benzene rings is 1. The highest BCUT2D eigenvalue weighted by Gasteiger charge is 2.62. The highest BCUT2D eigenvalue weighted by atomic mass is 19.3. The molecule has 4 heterocycles. The molecule has 2 aromatic heterocycles. The van der Waals surface area contributed by atoms with Crippen LogP contribution in [0.3, 0.4) is 0 Å². The molecule has 2 fully saturated rings. The fraction of sp³-hybridized carbons (Fsp3) is 0.545. The van der Waals surface area contributed by atoms with E-state index in [1.807, 2.05) is 37.1 Å². The monoisotopic (exact) mass is 475 g/mol. The van der Waals surface area contributed by atoms with E-state index in [1.54, 1.807) is 11.0 Å². The Morgan fingerprint density at radius 3 is 2.88 bits per heavy atom. The predicted octanol–water partition coefficient (Wildman–Crippen LogP) is 3.00. The van der Waals surface area contributed by atoms with Gasteiger partial charge in [0.15, 0.2) is 12.2 Å². The summed E-state index contributed by atoms with van der Waals surface area (Å²) in [5, 5.41) is 26.8. The van der Waals surface area contributed by atoms with E-state index in [9.17, 15) is 13.9 Å². The molecule has 2 N–H and O–H groups in total. The summed E-state index contributed by atoms with van der Waals surface area (Å²) in [4.78, 5) is 6.27. The van der Waals surface area contributed by atoms with Crippen molar-refractivity contribution in [2.24, 2.45) is 13.0 Å². The Balaban J connectivity index is 1.37. The maximum Gasteiger partial charge on any atom is 0.345 e. The molecule has 2 saturated heterocycles. The number of alkyl halides is 2. The average Bonchev–Trinajstić information content (AvgIpc) is 3.42. The lowest BCUT2D eigenvalue weighted by atomic mass is 9.64. The molecule has 4 atom stereocenters. The maximum atomic E-state index is 12.4. The van der Waals surface area contributed by atoms with Gasteiger partial charge in [-0.2, -0.15) is 13.9 Å². The zero-order valence-electron chi connectivity index (χ0n) is 19.2. The summed E-state index contributed by atoms with van der Waals surface area (Å²) >= 11 is 0. The number of aliphatic hydroxyl groups excluding tert-OH is 1. The third kappa shape index (κ3) is 4.05. The number of anilines is 1. The second-order valence-electron chi connectivity index (χ2n) is 9.20. The number of hydrogen-bond donors (Lipinski definition) is 2. The van der Waals surface area contributed by atoms with Crippen LogP contribution in [0.1, 0.15) is 43.5 Å². The number of aliphatic hydroxyl groups is 1. The van der Waals surface area contributed by atoms with E-state index in [0.29, 0.717) is 29.7 Å². The Morgan fingerprint density at radius 2 is 2.15 bits per heavy atom. The van der Waals surface area contributed by atoms with E-state index in [0.717, 1.165) is 24.0 Å². The summed E-state index contributed by atoms with van der Waals surface area (Å²) in [5.74, 6) is 1.29. The lowest BCUT2D eigenvalue weighted by Crippen LogP contribution is -2.72. The molecule has 0 radical (unpaired) electrons. The lowest BCUT2D eigenvalue weighted by Gasteiger charge is -2.62. The van der Waals surface area contributed by atoms with Gasteiger partial charge in [0.05, 0.1) is 0 Å². The minimum Gasteiger partial charge on any atom is -0.421 e. The minimum atomic E-state index is -2.92. The van der Waals surface area contributed by atoms with Gasteiger partial charge in [-0.1, -0.05) is 13.0 Å². The molecule has 2 aliphatic heterocycles. The molecule has 34 heavy (non-hydrogen) atoms. The van der Waals surface area contributed by atoms with Crippen LogP contribution in [0.5, 0.6) is 0 Å². The zero-order valence-corrected chi connectivity index (χ0v) is 19.2. The topological polar surface area (TPSA) is 114 Å². The summed E-state index contributed by atoms with van der Waals surface area (Å²) in [7, 11) is 1.81. The molecule has 182 valence electrons. The molecule has 5 rings (SSSR count). The first kappa shape index (κ1) is 22.8. The number of nitrogens with zero attached hydrogens (tertiary/aromatic N) is 6. The number of fused-ring (bicyclic) bond motifs is 2. The third-order valence-corrected chi connectivity index (χ3v) is 6.66. The van der Waals surface area contributed by atoms with Crippen molar-refractivity contribution in [3.63, 3.8) is 0 Å². The molecule has 0 aliphatic carbocycles. The number of hydrogen-bond acceptors (Lipinski definition) is 9. The number of rotatable bonds is 8. The zero-order chi connectivity index (χ0) is 24.0. The first-order valence-electron chi connectivity index (χ1n) is 11.2. The Labute approximate surface area is 194 Å². The van der Waals surface area contributed by atoms with Gasteiger partial charge in [0.1, 0.15) is 18.5 Å². The normalized spacial score (nSPS) is 25.4. The number of nitrogens with one attached hydrogen (secondary N) is 1. The molecular formula is C22H27F2N7O3. The highest BCUT2D eigenvalue weighted by molar-refractivity contribution is 5.66. The minimum absolute atomic E-state index is 0.0141. The molecule has 4 unspecified atom stereocenters. The van der Waals surface area contributed by atoms with Gasteiger partial charge in [-0.25, -0.2) is 9.88 Å². The lowest BCUT2D eigenvalue weighted by molar-refractivity contribution is -0.213. The number of aromatic nitrogens is 5. The van der Waals surface area contributed by atoms with Crippen molar-refractivity contribution >= 4 is 5.69 Å². The van der Waals surface area contributed by atoms with Gasteiger partial charge in [-0.15, -0.1) is 10.2 Å². The van der Waals surface area contributed by atoms with E-state index in [-0.39, 0.29) is 11.9 Å². The van der Waals surface area contributed by atoms with Gasteiger partial charge in [0.25, 0.3) is 0 Å². The standard InChI is InChI=1S/C22H27F2N7O3/c1-12-6-15-9-22(8-12,19-28-27-17(34-19)10-33-20(23)24)31(15)21(32)26-14-5-4-13(2)16(7-14)18-25-11-30(3)29-18/h4-5,7,11-12,15,20-21,26,32H,6,8-10H2,1-3H3. The van der Waals surface area contributed by atoms with E-state index in [1.165, 1.54) is 0 Å². The SMILES string of the molecule is Cc1ccc(NC(O)N2C3CC(C)CC2(c2nnc(COC(F)F)o2)C3)cc1-c1ncn(C)n1. The van der Waals surface area contributed by atoms with Gasteiger partial charge in [-0.05, 0) is 49.8 Å². The molecule has 0 spiro atoms. The van der Waals surface area contributed by atoms with Crippen LogP contribution in [-0.2, 0) is 23.9 Å². The predicted molar refractivity (Wildman–Crippen MR) is 116 cm³/mol. The first-order valence-corrected chi connectivity index (χ1v) is 11.2. The second-order valence-corrected chi connectivity index (χ2v) is 9.20. The summed E-state index contributed by atoms with van der Waals surface area (Å²) in [6.07, 6.45) is 2.99. The van der Waals surface area contributed by atoms with Crippen LogP contribution < -0.4 is 5.32 Å². The van der Waals surface area contributed by atoms with E-state index in [2.05, 4.69) is 37.3 Å². The van der Waals surface area contributed by atoms with Crippen molar-refractivity contribution in [2.45, 2.75) is 64.3 Å². The van der Waals surface area contributed by atoms with Crippen molar-refractivity contribution in [3.8, 4) is 11.4 Å². The molecule has 1 aromatic carbocycles. The summed E-state index contributed by atoms with van der Waals surface area (Å²) in [6.45, 7) is 0.738. The molecular weight excluding hydrogens is 448 g/mol. The van der Waals surface area contributed by atoms with Crippen LogP contribution in [-0.4, -0.2) is 54.0 Å². The average molecular weight is 476 g/mol. The maximum absolute atomic E-state index is 12.4. The number of piperidine rings is 1. The highest BCUT2D eigenvalue weighted by Crippen LogP contribution is 2.56. The van der Waals surface area contributed by atoms with Crippen LogP contribution in [0.15, 0.2) is 28.9 Å². The first-order chi connectivity index (χ1) is 16.2. The molecule has 12 heteroatoms. The summed E-state index contributed by atoms with van der Waals surface area (Å²) < 4.78 is 36.4. The van der Waals surface area contributed by atoms with Gasteiger partial charge in [0, 0.05) is 24.3 Å². The number of ether oxygens (including phenoxy) is 1. The Kier molecular flexibility index (Phi) is 5.82. The van der Waals surface area contributed by atoms with Crippen molar-refractivity contribution in [1.82, 2.24) is 29.9 Å². The molecule has 10 nitrogen and oxygen atoms in total. The van der Waals surface area contributed by atoms with Gasteiger partial charge in [0.2, 0.25) is 11.8 Å². The largest absolute Gasteiger partial charge is 0.421 e. The Bertz CT molecular complexity index is 1170. The van der Waals surface area contributed by atoms with Gasteiger partial charge in [-0.3, -0.25) is 4.68 Å². The smallest absolute Gasteiger partial charge is 0.345 e. The van der Waals surface area contributed by atoms with Crippen LogP contribution in [0.4, 0.5) is 14.5 Å².